The van der Waals surface area contributed by atoms with Gasteiger partial charge in [-0.05, 0) is 64.1 Å². The van der Waals surface area contributed by atoms with Gasteiger partial charge >= 0.3 is 5.97 Å². The minimum Gasteiger partial charge on any atom is -0.497 e. The Labute approximate surface area is 169 Å². The van der Waals surface area contributed by atoms with E-state index in [0.29, 0.717) is 17.2 Å². The van der Waals surface area contributed by atoms with Crippen LogP contribution in [0.4, 0.5) is 0 Å². The van der Waals surface area contributed by atoms with E-state index in [4.69, 9.17) is 9.47 Å². The summed E-state index contributed by atoms with van der Waals surface area (Å²) < 4.78 is 12.8. The maximum absolute atomic E-state index is 12.8. The zero-order chi connectivity index (χ0) is 20.3. The van der Waals surface area contributed by atoms with Crippen molar-refractivity contribution in [3.05, 3.63) is 65.9 Å². The third-order valence-corrected chi connectivity index (χ3v) is 5.26. The third kappa shape index (κ3) is 4.39. The summed E-state index contributed by atoms with van der Waals surface area (Å²) in [6.45, 7) is 8.02. The van der Waals surface area contributed by atoms with Crippen LogP contribution in [-0.4, -0.2) is 22.9 Å². The molecule has 0 aliphatic rings. The number of rotatable bonds is 5. The molecule has 1 heterocycles. The number of aromatic nitrogens is 2. The Bertz CT molecular complexity index is 958. The molecule has 0 saturated heterocycles. The molecule has 0 aliphatic heterocycles. The molecule has 0 fully saturated rings. The van der Waals surface area contributed by atoms with Crippen LogP contribution in [0.1, 0.15) is 36.8 Å². The molecule has 0 bridgehead atoms. The van der Waals surface area contributed by atoms with Gasteiger partial charge in [0.05, 0.1) is 28.8 Å². The molecule has 2 aromatic carbocycles. The first-order valence-electron chi connectivity index (χ1n) is 8.99. The highest BCUT2D eigenvalue weighted by Gasteiger charge is 2.27. The minimum absolute atomic E-state index is 0.338. The van der Waals surface area contributed by atoms with Gasteiger partial charge in [-0.3, -0.25) is 0 Å². The lowest BCUT2D eigenvalue weighted by Gasteiger charge is -2.22. The highest BCUT2D eigenvalue weighted by molar-refractivity contribution is 7.99. The lowest BCUT2D eigenvalue weighted by Crippen LogP contribution is -2.25. The average Bonchev–Trinajstić information content (AvgIpc) is 2.98. The second-order valence-electron chi connectivity index (χ2n) is 7.34. The molecule has 3 aromatic rings. The Kier molecular flexibility index (Phi) is 5.79. The van der Waals surface area contributed by atoms with Gasteiger partial charge in [0.1, 0.15) is 5.75 Å². The molecular formula is C22H24N2O3S. The van der Waals surface area contributed by atoms with E-state index in [1.807, 2.05) is 58.0 Å². The van der Waals surface area contributed by atoms with Crippen LogP contribution in [0.2, 0.25) is 0 Å². The van der Waals surface area contributed by atoms with Crippen molar-refractivity contribution >= 4 is 17.7 Å². The minimum atomic E-state index is -0.428. The summed E-state index contributed by atoms with van der Waals surface area (Å²) in [7, 11) is 1.59. The molecule has 0 unspecified atom stereocenters. The van der Waals surface area contributed by atoms with Crippen LogP contribution in [0.15, 0.2) is 64.4 Å². The molecule has 1 aromatic heterocycles. The molecule has 28 heavy (non-hydrogen) atoms. The number of benzene rings is 2. The van der Waals surface area contributed by atoms with E-state index in [0.717, 1.165) is 15.5 Å². The second kappa shape index (κ2) is 8.10. The van der Waals surface area contributed by atoms with Crippen molar-refractivity contribution in [2.75, 3.05) is 7.11 Å². The molecule has 5 nitrogen and oxygen atoms in total. The summed E-state index contributed by atoms with van der Waals surface area (Å²) >= 11 is 1.54. The van der Waals surface area contributed by atoms with Crippen molar-refractivity contribution in [1.82, 2.24) is 9.78 Å². The summed E-state index contributed by atoms with van der Waals surface area (Å²) in [5, 5.41) is 4.65. The van der Waals surface area contributed by atoms with E-state index in [1.165, 1.54) is 0 Å². The van der Waals surface area contributed by atoms with E-state index in [1.54, 1.807) is 47.8 Å². The van der Waals surface area contributed by atoms with Gasteiger partial charge in [-0.25, -0.2) is 9.48 Å². The molecule has 0 aliphatic carbocycles. The quantitative estimate of drug-likeness (QED) is 0.546. The lowest BCUT2D eigenvalue weighted by molar-refractivity contribution is 0.0704. The highest BCUT2D eigenvalue weighted by Crippen LogP contribution is 2.40. The molecule has 146 valence electrons. The number of hydrogen-bond acceptors (Lipinski definition) is 5. The van der Waals surface area contributed by atoms with E-state index in [2.05, 4.69) is 5.10 Å². The maximum Gasteiger partial charge on any atom is 0.344 e. The van der Waals surface area contributed by atoms with Crippen molar-refractivity contribution in [3.63, 3.8) is 0 Å². The monoisotopic (exact) mass is 396 g/mol. The van der Waals surface area contributed by atoms with Gasteiger partial charge in [-0.15, -0.1) is 0 Å². The molecule has 0 radical (unpaired) electrons. The largest absolute Gasteiger partial charge is 0.497 e. The first-order chi connectivity index (χ1) is 13.3. The van der Waals surface area contributed by atoms with Gasteiger partial charge < -0.3 is 9.47 Å². The van der Waals surface area contributed by atoms with E-state index >= 15 is 0 Å². The predicted octanol–water partition coefficient (Wildman–Crippen LogP) is 5.33. The fraction of sp³-hybridized carbons (Fsp3) is 0.273. The molecule has 0 N–H and O–H groups in total. The van der Waals surface area contributed by atoms with Gasteiger partial charge in [-0.1, -0.05) is 30.0 Å². The van der Waals surface area contributed by atoms with Crippen LogP contribution in [-0.2, 0) is 5.54 Å². The average molecular weight is 397 g/mol. The summed E-state index contributed by atoms with van der Waals surface area (Å²) in [5.74, 6) is 0.718. The van der Waals surface area contributed by atoms with Gasteiger partial charge in [0, 0.05) is 4.90 Å². The number of carbonyl (C=O) groups is 1. The van der Waals surface area contributed by atoms with Crippen molar-refractivity contribution in [2.45, 2.75) is 43.0 Å². The van der Waals surface area contributed by atoms with E-state index < -0.39 is 5.97 Å². The van der Waals surface area contributed by atoms with Crippen LogP contribution in [0.5, 0.6) is 11.6 Å². The Morgan fingerprint density at radius 3 is 2.25 bits per heavy atom. The standard InChI is InChI=1S/C22H24N2O3S/c1-15-19(28-18-9-7-6-8-10-18)20(24(23-15)22(2,3)4)27-21(25)16-11-13-17(26-5)14-12-16/h6-14H,1-5H3. The smallest absolute Gasteiger partial charge is 0.344 e. The first-order valence-corrected chi connectivity index (χ1v) is 9.80. The zero-order valence-electron chi connectivity index (χ0n) is 16.7. The molecular weight excluding hydrogens is 372 g/mol. The summed E-state index contributed by atoms with van der Waals surface area (Å²) in [5.41, 5.74) is 0.938. The number of hydrogen-bond donors (Lipinski definition) is 0. The lowest BCUT2D eigenvalue weighted by atomic mass is 10.1. The Morgan fingerprint density at radius 2 is 1.68 bits per heavy atom. The highest BCUT2D eigenvalue weighted by atomic mass is 32.2. The van der Waals surface area contributed by atoms with Crippen LogP contribution < -0.4 is 9.47 Å². The maximum atomic E-state index is 12.8. The first kappa shape index (κ1) is 20.0. The molecule has 0 spiro atoms. The Hall–Kier alpha value is -2.73. The van der Waals surface area contributed by atoms with Gasteiger partial charge in [-0.2, -0.15) is 5.10 Å². The fourth-order valence-electron chi connectivity index (χ4n) is 2.63. The van der Waals surface area contributed by atoms with Crippen LogP contribution >= 0.6 is 11.8 Å². The van der Waals surface area contributed by atoms with Crippen molar-refractivity contribution in [1.29, 1.82) is 0 Å². The van der Waals surface area contributed by atoms with Crippen molar-refractivity contribution in [3.8, 4) is 11.6 Å². The number of methoxy groups -OCH3 is 1. The van der Waals surface area contributed by atoms with E-state index in [9.17, 15) is 4.79 Å². The van der Waals surface area contributed by atoms with E-state index in [-0.39, 0.29) is 5.54 Å². The third-order valence-electron chi connectivity index (χ3n) is 4.08. The molecule has 0 atom stereocenters. The van der Waals surface area contributed by atoms with Gasteiger partial charge in [0.25, 0.3) is 0 Å². The number of esters is 1. The Balaban J connectivity index is 1.98. The number of nitrogens with zero attached hydrogens (tertiary/aromatic N) is 2. The predicted molar refractivity (Wildman–Crippen MR) is 110 cm³/mol. The molecule has 0 amide bonds. The number of aryl methyl sites for hydroxylation is 1. The van der Waals surface area contributed by atoms with Crippen molar-refractivity contribution < 1.29 is 14.3 Å². The summed E-state index contributed by atoms with van der Waals surface area (Å²) in [4.78, 5) is 14.7. The molecule has 6 heteroatoms. The SMILES string of the molecule is COc1ccc(C(=O)Oc2c(Sc3ccccc3)c(C)nn2C(C)(C)C)cc1. The van der Waals surface area contributed by atoms with Crippen LogP contribution in [0, 0.1) is 6.92 Å². The summed E-state index contributed by atoms with van der Waals surface area (Å²) in [6, 6.07) is 16.8. The van der Waals surface area contributed by atoms with Crippen molar-refractivity contribution in [2.24, 2.45) is 0 Å². The Morgan fingerprint density at radius 1 is 1.04 bits per heavy atom. The topological polar surface area (TPSA) is 53.4 Å². The van der Waals surface area contributed by atoms with Gasteiger partial charge in [0.2, 0.25) is 5.88 Å². The molecule has 3 rings (SSSR count). The fourth-order valence-corrected chi connectivity index (χ4v) is 3.57. The normalized spacial score (nSPS) is 11.3. The number of carbonyl (C=O) groups excluding carboxylic acids is 1. The summed E-state index contributed by atoms with van der Waals surface area (Å²) in [6.07, 6.45) is 0. The van der Waals surface area contributed by atoms with Gasteiger partial charge in [0.15, 0.2) is 0 Å². The number of ether oxygens (including phenoxy) is 2. The molecule has 0 saturated carbocycles. The van der Waals surface area contributed by atoms with Crippen LogP contribution in [0.25, 0.3) is 0 Å². The zero-order valence-corrected chi connectivity index (χ0v) is 17.5. The van der Waals surface area contributed by atoms with Crippen LogP contribution in [0.3, 0.4) is 0 Å². The second-order valence-corrected chi connectivity index (χ2v) is 8.42.